The molecule has 1 amide bonds. The number of piperidine rings is 1. The molecule has 4 rings (SSSR count). The minimum Gasteiger partial charge on any atom is -0.346 e. The van der Waals surface area contributed by atoms with Crippen molar-refractivity contribution in [2.24, 2.45) is 0 Å². The molecule has 1 saturated heterocycles. The molecule has 29 heavy (non-hydrogen) atoms. The molecular weight excluding hydrogens is 403 g/mol. The highest BCUT2D eigenvalue weighted by atomic mass is 35.5. The Hall–Kier alpha value is -2.51. The molecule has 1 aliphatic rings. The number of hydrogen-bond acceptors (Lipinski definition) is 2. The van der Waals surface area contributed by atoms with Crippen molar-refractivity contribution >= 4 is 29.2 Å². The van der Waals surface area contributed by atoms with Crippen LogP contribution in [0.15, 0.2) is 48.7 Å². The van der Waals surface area contributed by atoms with Crippen LogP contribution in [-0.2, 0) is 6.54 Å². The van der Waals surface area contributed by atoms with Crippen molar-refractivity contribution < 1.29 is 18.0 Å². The molecule has 0 bridgehead atoms. The van der Waals surface area contributed by atoms with Crippen LogP contribution in [0.5, 0.6) is 0 Å². The lowest BCUT2D eigenvalue weighted by molar-refractivity contribution is 0.0893. The van der Waals surface area contributed by atoms with Crippen molar-refractivity contribution in [3.63, 3.8) is 0 Å². The second-order valence-corrected chi connectivity index (χ2v) is 7.02. The standard InChI is InChI=1S/C21H20F3N3O.ClH/c22-14-6-4-13(5-7-14)11-27-12-15(20-16(23)2-1-3-19(20)27)21(28)26-18-8-9-25-10-17(18)24;/h1-7,12,17-18,25H,8-11H2,(H,26,28);1H. The van der Waals surface area contributed by atoms with Crippen LogP contribution in [0.1, 0.15) is 22.3 Å². The molecule has 0 saturated carbocycles. The first-order valence-corrected chi connectivity index (χ1v) is 9.20. The Bertz CT molecular complexity index is 1010. The smallest absolute Gasteiger partial charge is 0.253 e. The molecule has 2 heterocycles. The number of amides is 1. The Morgan fingerprint density at radius 3 is 2.66 bits per heavy atom. The van der Waals surface area contributed by atoms with Crippen LogP contribution in [0.2, 0.25) is 0 Å². The first kappa shape index (κ1) is 21.2. The first-order valence-electron chi connectivity index (χ1n) is 9.20. The Balaban J connectivity index is 0.00000240. The molecule has 4 nitrogen and oxygen atoms in total. The maximum absolute atomic E-state index is 14.5. The summed E-state index contributed by atoms with van der Waals surface area (Å²) >= 11 is 0. The molecule has 2 unspecified atom stereocenters. The van der Waals surface area contributed by atoms with Crippen molar-refractivity contribution in [2.75, 3.05) is 13.1 Å². The van der Waals surface area contributed by atoms with Crippen molar-refractivity contribution in [3.05, 3.63) is 71.4 Å². The second kappa shape index (κ2) is 8.88. The van der Waals surface area contributed by atoms with Gasteiger partial charge in [-0.3, -0.25) is 4.79 Å². The number of benzene rings is 2. The Labute approximate surface area is 172 Å². The van der Waals surface area contributed by atoms with Gasteiger partial charge in [0.1, 0.15) is 17.8 Å². The van der Waals surface area contributed by atoms with Gasteiger partial charge in [0, 0.05) is 24.7 Å². The maximum Gasteiger partial charge on any atom is 0.253 e. The van der Waals surface area contributed by atoms with Gasteiger partial charge in [-0.15, -0.1) is 12.4 Å². The third-order valence-electron chi connectivity index (χ3n) is 5.09. The number of nitrogens with one attached hydrogen (secondary N) is 2. The molecular formula is C21H21ClF3N3O. The molecule has 2 atom stereocenters. The van der Waals surface area contributed by atoms with E-state index in [1.54, 1.807) is 35.0 Å². The minimum absolute atomic E-state index is 0. The summed E-state index contributed by atoms with van der Waals surface area (Å²) in [6.07, 6.45) is 0.861. The van der Waals surface area contributed by atoms with E-state index in [0.29, 0.717) is 25.0 Å². The number of hydrogen-bond donors (Lipinski definition) is 2. The van der Waals surface area contributed by atoms with Gasteiger partial charge in [-0.25, -0.2) is 13.2 Å². The van der Waals surface area contributed by atoms with Gasteiger partial charge in [-0.05, 0) is 42.8 Å². The van der Waals surface area contributed by atoms with E-state index in [1.165, 1.54) is 18.2 Å². The van der Waals surface area contributed by atoms with Crippen LogP contribution < -0.4 is 10.6 Å². The molecule has 2 N–H and O–H groups in total. The van der Waals surface area contributed by atoms with E-state index in [-0.39, 0.29) is 35.7 Å². The lowest BCUT2D eigenvalue weighted by Gasteiger charge is -2.27. The summed E-state index contributed by atoms with van der Waals surface area (Å²) < 4.78 is 43.5. The molecule has 8 heteroatoms. The summed E-state index contributed by atoms with van der Waals surface area (Å²) in [7, 11) is 0. The predicted molar refractivity (Wildman–Crippen MR) is 108 cm³/mol. The van der Waals surface area contributed by atoms with Crippen LogP contribution in [-0.4, -0.2) is 35.8 Å². The third kappa shape index (κ3) is 4.41. The predicted octanol–water partition coefficient (Wildman–Crippen LogP) is 3.82. The average molecular weight is 424 g/mol. The summed E-state index contributed by atoms with van der Waals surface area (Å²) in [5, 5.41) is 5.84. The van der Waals surface area contributed by atoms with Crippen molar-refractivity contribution in [3.8, 4) is 0 Å². The summed E-state index contributed by atoms with van der Waals surface area (Å²) in [5.74, 6) is -1.35. The van der Waals surface area contributed by atoms with E-state index in [0.717, 1.165) is 5.56 Å². The topological polar surface area (TPSA) is 46.1 Å². The van der Waals surface area contributed by atoms with Crippen LogP contribution in [0.3, 0.4) is 0 Å². The van der Waals surface area contributed by atoms with Crippen LogP contribution in [0, 0.1) is 11.6 Å². The molecule has 1 fully saturated rings. The average Bonchev–Trinajstić information content (AvgIpc) is 3.05. The van der Waals surface area contributed by atoms with Crippen molar-refractivity contribution in [2.45, 2.75) is 25.2 Å². The number of aromatic nitrogens is 1. The fourth-order valence-electron chi connectivity index (χ4n) is 3.63. The van der Waals surface area contributed by atoms with Gasteiger partial charge in [0.15, 0.2) is 0 Å². The SMILES string of the molecule is Cl.O=C(NC1CCNCC1F)c1cn(Cc2ccc(F)cc2)c2cccc(F)c12. The monoisotopic (exact) mass is 423 g/mol. The van der Waals surface area contributed by atoms with Gasteiger partial charge in [0.25, 0.3) is 5.91 Å². The van der Waals surface area contributed by atoms with Crippen LogP contribution >= 0.6 is 12.4 Å². The molecule has 0 spiro atoms. The molecule has 0 aliphatic carbocycles. The highest BCUT2D eigenvalue weighted by molar-refractivity contribution is 6.07. The van der Waals surface area contributed by atoms with Gasteiger partial charge in [0.05, 0.1) is 17.1 Å². The highest BCUT2D eigenvalue weighted by Crippen LogP contribution is 2.26. The van der Waals surface area contributed by atoms with Gasteiger partial charge in [0.2, 0.25) is 0 Å². The zero-order valence-corrected chi connectivity index (χ0v) is 16.3. The summed E-state index contributed by atoms with van der Waals surface area (Å²) in [6.45, 7) is 1.16. The normalized spacial score (nSPS) is 19.0. The van der Waals surface area contributed by atoms with Gasteiger partial charge < -0.3 is 15.2 Å². The summed E-state index contributed by atoms with van der Waals surface area (Å²) in [4.78, 5) is 12.8. The number of carbonyl (C=O) groups is 1. The van der Waals surface area contributed by atoms with Crippen molar-refractivity contribution in [1.82, 2.24) is 15.2 Å². The lowest BCUT2D eigenvalue weighted by atomic mass is 10.0. The number of fused-ring (bicyclic) bond motifs is 1. The highest BCUT2D eigenvalue weighted by Gasteiger charge is 2.28. The quantitative estimate of drug-likeness (QED) is 0.670. The fraction of sp³-hybridized carbons (Fsp3) is 0.286. The van der Waals surface area contributed by atoms with Gasteiger partial charge >= 0.3 is 0 Å². The largest absolute Gasteiger partial charge is 0.346 e. The zero-order chi connectivity index (χ0) is 19.7. The molecule has 154 valence electrons. The zero-order valence-electron chi connectivity index (χ0n) is 15.5. The second-order valence-electron chi connectivity index (χ2n) is 7.02. The number of carbonyl (C=O) groups excluding carboxylic acids is 1. The molecule has 1 aromatic heterocycles. The van der Waals surface area contributed by atoms with Gasteiger partial charge in [-0.2, -0.15) is 0 Å². The number of alkyl halides is 1. The van der Waals surface area contributed by atoms with E-state index in [4.69, 9.17) is 0 Å². The number of rotatable bonds is 4. The van der Waals surface area contributed by atoms with Gasteiger partial charge in [-0.1, -0.05) is 18.2 Å². The van der Waals surface area contributed by atoms with Crippen LogP contribution in [0.4, 0.5) is 13.2 Å². The van der Waals surface area contributed by atoms with E-state index < -0.39 is 23.9 Å². The summed E-state index contributed by atoms with van der Waals surface area (Å²) in [5.41, 5.74) is 1.54. The Morgan fingerprint density at radius 1 is 1.17 bits per heavy atom. The fourth-order valence-corrected chi connectivity index (χ4v) is 3.63. The van der Waals surface area contributed by atoms with E-state index >= 15 is 0 Å². The van der Waals surface area contributed by atoms with E-state index in [1.807, 2.05) is 0 Å². The number of nitrogens with zero attached hydrogens (tertiary/aromatic N) is 1. The molecule has 3 aromatic rings. The minimum atomic E-state index is -1.19. The lowest BCUT2D eigenvalue weighted by Crippen LogP contribution is -2.50. The van der Waals surface area contributed by atoms with Crippen molar-refractivity contribution in [1.29, 1.82) is 0 Å². The van der Waals surface area contributed by atoms with E-state index in [2.05, 4.69) is 10.6 Å². The summed E-state index contributed by atoms with van der Waals surface area (Å²) in [6, 6.07) is 9.99. The Morgan fingerprint density at radius 2 is 1.93 bits per heavy atom. The Kier molecular flexibility index (Phi) is 6.49. The van der Waals surface area contributed by atoms with Crippen LogP contribution in [0.25, 0.3) is 10.9 Å². The maximum atomic E-state index is 14.5. The molecule has 2 aromatic carbocycles. The first-order chi connectivity index (χ1) is 13.5. The van der Waals surface area contributed by atoms with E-state index in [9.17, 15) is 18.0 Å². The molecule has 0 radical (unpaired) electrons. The number of halogens is 4. The third-order valence-corrected chi connectivity index (χ3v) is 5.09. The molecule has 1 aliphatic heterocycles.